The first-order valence-electron chi connectivity index (χ1n) is 12.1. The van der Waals surface area contributed by atoms with Crippen LogP contribution < -0.4 is 5.32 Å². The lowest BCUT2D eigenvalue weighted by Gasteiger charge is -2.12. The highest BCUT2D eigenvalue weighted by Gasteiger charge is 2.16. The molecule has 39 heavy (non-hydrogen) atoms. The number of nitrogens with zero attached hydrogens (tertiary/aromatic N) is 2. The number of benzene rings is 4. The Morgan fingerprint density at radius 1 is 0.795 bits per heavy atom. The Labute approximate surface area is 229 Å². The van der Waals surface area contributed by atoms with Gasteiger partial charge in [0, 0.05) is 16.8 Å². The highest BCUT2D eigenvalue weighted by molar-refractivity contribution is 6.31. The lowest BCUT2D eigenvalue weighted by atomic mass is 10.0. The van der Waals surface area contributed by atoms with Crippen molar-refractivity contribution in [3.05, 3.63) is 112 Å². The molecule has 0 saturated carbocycles. The van der Waals surface area contributed by atoms with Crippen LogP contribution in [0, 0.1) is 19.7 Å². The summed E-state index contributed by atoms with van der Waals surface area (Å²) in [5.74, 6) is -1.88. The molecule has 0 aliphatic carbocycles. The van der Waals surface area contributed by atoms with Gasteiger partial charge in [-0.25, -0.2) is 19.2 Å². The van der Waals surface area contributed by atoms with Gasteiger partial charge in [-0.2, -0.15) is 0 Å². The molecule has 0 atom stereocenters. The fraction of sp³-hybridized carbons (Fsp3) is 0.0968. The van der Waals surface area contributed by atoms with Gasteiger partial charge in [-0.1, -0.05) is 71.3 Å². The van der Waals surface area contributed by atoms with E-state index in [1.165, 1.54) is 12.1 Å². The molecule has 1 N–H and O–H groups in total. The molecule has 0 unspecified atom stereocenters. The molecule has 5 aromatic rings. The number of aryl methyl sites for hydroxylation is 2. The maximum Gasteiger partial charge on any atom is 0.338 e. The Hall–Kier alpha value is -4.62. The molecule has 0 bridgehead atoms. The van der Waals surface area contributed by atoms with E-state index in [0.29, 0.717) is 16.7 Å². The Morgan fingerprint density at radius 3 is 1.97 bits per heavy atom. The summed E-state index contributed by atoms with van der Waals surface area (Å²) in [5.41, 5.74) is 7.17. The van der Waals surface area contributed by atoms with Crippen molar-refractivity contribution < 1.29 is 18.7 Å². The Kier molecular flexibility index (Phi) is 7.34. The minimum Gasteiger partial charge on any atom is -0.452 e. The summed E-state index contributed by atoms with van der Waals surface area (Å²) in [6.45, 7) is 3.52. The quantitative estimate of drug-likeness (QED) is 0.231. The van der Waals surface area contributed by atoms with Crippen LogP contribution in [0.15, 0.2) is 84.9 Å². The van der Waals surface area contributed by atoms with Gasteiger partial charge in [0.25, 0.3) is 5.91 Å². The Balaban J connectivity index is 1.41. The van der Waals surface area contributed by atoms with Crippen LogP contribution in [0.5, 0.6) is 0 Å². The SMILES string of the molecule is Cc1ccc(-c2nc3ccc(C(=O)OCC(=O)Nc4ccc(F)c(Cl)c4)cc3nc2-c2ccc(C)cc2)cc1. The normalized spacial score (nSPS) is 10.9. The van der Waals surface area contributed by atoms with Gasteiger partial charge in [-0.3, -0.25) is 4.79 Å². The first-order valence-corrected chi connectivity index (χ1v) is 12.5. The van der Waals surface area contributed by atoms with Gasteiger partial charge >= 0.3 is 5.97 Å². The van der Waals surface area contributed by atoms with E-state index in [4.69, 9.17) is 26.3 Å². The molecule has 5 rings (SSSR count). The molecule has 0 fully saturated rings. The number of carbonyl (C=O) groups is 2. The number of amides is 1. The number of fused-ring (bicyclic) bond motifs is 1. The van der Waals surface area contributed by atoms with E-state index < -0.39 is 24.3 Å². The zero-order chi connectivity index (χ0) is 27.5. The molecule has 1 amide bonds. The molecule has 1 aromatic heterocycles. The average molecular weight is 540 g/mol. The van der Waals surface area contributed by atoms with Crippen LogP contribution in [0.3, 0.4) is 0 Å². The predicted octanol–water partition coefficient (Wildman–Crippen LogP) is 7.17. The van der Waals surface area contributed by atoms with E-state index in [1.54, 1.807) is 18.2 Å². The second kappa shape index (κ2) is 11.0. The molecule has 4 aromatic carbocycles. The van der Waals surface area contributed by atoms with Crippen molar-refractivity contribution in [3.8, 4) is 22.5 Å². The van der Waals surface area contributed by atoms with Crippen molar-refractivity contribution in [1.82, 2.24) is 9.97 Å². The van der Waals surface area contributed by atoms with Crippen LogP contribution in [0.2, 0.25) is 5.02 Å². The highest BCUT2D eigenvalue weighted by atomic mass is 35.5. The summed E-state index contributed by atoms with van der Waals surface area (Å²) >= 11 is 5.74. The van der Waals surface area contributed by atoms with Crippen LogP contribution >= 0.6 is 11.6 Å². The summed E-state index contributed by atoms with van der Waals surface area (Å²) in [5, 5.41) is 2.38. The lowest BCUT2D eigenvalue weighted by Crippen LogP contribution is -2.21. The predicted molar refractivity (Wildman–Crippen MR) is 150 cm³/mol. The number of anilines is 1. The maximum atomic E-state index is 13.3. The first kappa shape index (κ1) is 26.0. The monoisotopic (exact) mass is 539 g/mol. The number of ether oxygens (including phenoxy) is 1. The van der Waals surface area contributed by atoms with Gasteiger partial charge in [0.1, 0.15) is 5.82 Å². The number of hydrogen-bond acceptors (Lipinski definition) is 5. The van der Waals surface area contributed by atoms with Gasteiger partial charge in [-0.05, 0) is 50.2 Å². The van der Waals surface area contributed by atoms with Crippen molar-refractivity contribution in [2.45, 2.75) is 13.8 Å². The molecule has 8 heteroatoms. The second-order valence-corrected chi connectivity index (χ2v) is 9.52. The number of rotatable bonds is 6. The zero-order valence-electron chi connectivity index (χ0n) is 21.2. The molecule has 0 aliphatic heterocycles. The van der Waals surface area contributed by atoms with Gasteiger partial charge < -0.3 is 10.1 Å². The van der Waals surface area contributed by atoms with Crippen LogP contribution in [0.1, 0.15) is 21.5 Å². The minimum absolute atomic E-state index is 0.127. The number of nitrogens with one attached hydrogen (secondary N) is 1. The van der Waals surface area contributed by atoms with Crippen LogP contribution in [0.25, 0.3) is 33.5 Å². The molecule has 194 valence electrons. The van der Waals surface area contributed by atoms with E-state index in [0.717, 1.165) is 34.0 Å². The molecule has 0 saturated heterocycles. The smallest absolute Gasteiger partial charge is 0.338 e. The molecule has 0 aliphatic rings. The Morgan fingerprint density at radius 2 is 1.38 bits per heavy atom. The third-order valence-electron chi connectivity index (χ3n) is 6.09. The first-order chi connectivity index (χ1) is 18.8. The van der Waals surface area contributed by atoms with Gasteiger partial charge in [-0.15, -0.1) is 0 Å². The van der Waals surface area contributed by atoms with Crippen LogP contribution in [0.4, 0.5) is 10.1 Å². The molecule has 0 spiro atoms. The molecule has 1 heterocycles. The molecular weight excluding hydrogens is 517 g/mol. The molecule has 6 nitrogen and oxygen atoms in total. The van der Waals surface area contributed by atoms with E-state index in [2.05, 4.69) is 5.32 Å². The van der Waals surface area contributed by atoms with Crippen LogP contribution in [-0.4, -0.2) is 28.5 Å². The maximum absolute atomic E-state index is 13.3. The van der Waals surface area contributed by atoms with E-state index in [1.807, 2.05) is 62.4 Å². The van der Waals surface area contributed by atoms with Crippen molar-refractivity contribution in [2.75, 3.05) is 11.9 Å². The zero-order valence-corrected chi connectivity index (χ0v) is 21.9. The van der Waals surface area contributed by atoms with E-state index >= 15 is 0 Å². The number of esters is 1. The second-order valence-electron chi connectivity index (χ2n) is 9.11. The lowest BCUT2D eigenvalue weighted by molar-refractivity contribution is -0.119. The highest BCUT2D eigenvalue weighted by Crippen LogP contribution is 2.31. The van der Waals surface area contributed by atoms with Gasteiger partial charge in [0.2, 0.25) is 0 Å². The van der Waals surface area contributed by atoms with Crippen molar-refractivity contribution in [1.29, 1.82) is 0 Å². The number of carbonyl (C=O) groups excluding carboxylic acids is 2. The van der Waals surface area contributed by atoms with Gasteiger partial charge in [0.15, 0.2) is 6.61 Å². The van der Waals surface area contributed by atoms with Crippen molar-refractivity contribution in [2.24, 2.45) is 0 Å². The molecule has 0 radical (unpaired) electrons. The summed E-state index contributed by atoms with van der Waals surface area (Å²) in [4.78, 5) is 34.7. The number of hydrogen-bond donors (Lipinski definition) is 1. The third-order valence-corrected chi connectivity index (χ3v) is 6.38. The van der Waals surface area contributed by atoms with E-state index in [-0.39, 0.29) is 16.3 Å². The fourth-order valence-electron chi connectivity index (χ4n) is 3.99. The topological polar surface area (TPSA) is 81.2 Å². The number of aromatic nitrogens is 2. The minimum atomic E-state index is -0.689. The van der Waals surface area contributed by atoms with Crippen molar-refractivity contribution >= 4 is 40.2 Å². The Bertz CT molecular complexity index is 1700. The average Bonchev–Trinajstić information content (AvgIpc) is 2.93. The number of halogens is 2. The van der Waals surface area contributed by atoms with Crippen LogP contribution in [-0.2, 0) is 9.53 Å². The fourth-order valence-corrected chi connectivity index (χ4v) is 4.17. The molecular formula is C31H23ClFN3O3. The summed E-state index contributed by atoms with van der Waals surface area (Å²) in [6, 6.07) is 24.7. The third kappa shape index (κ3) is 5.94. The largest absolute Gasteiger partial charge is 0.452 e. The summed E-state index contributed by atoms with van der Waals surface area (Å²) < 4.78 is 18.5. The van der Waals surface area contributed by atoms with Gasteiger partial charge in [0.05, 0.1) is 33.0 Å². The standard InChI is InChI=1S/C31H23ClFN3O3/c1-18-3-7-20(8-4-18)29-30(21-9-5-19(2)6-10-21)36-27-15-22(11-14-26(27)35-29)31(38)39-17-28(37)34-23-12-13-25(33)24(32)16-23/h3-16H,17H2,1-2H3,(H,34,37). The van der Waals surface area contributed by atoms with E-state index in [9.17, 15) is 14.0 Å². The van der Waals surface area contributed by atoms with Crippen molar-refractivity contribution in [3.63, 3.8) is 0 Å². The summed E-state index contributed by atoms with van der Waals surface area (Å²) in [6.07, 6.45) is 0. The summed E-state index contributed by atoms with van der Waals surface area (Å²) in [7, 11) is 0.